The number of hydrogen-bond acceptors (Lipinski definition) is 3. The first kappa shape index (κ1) is 16.6. The van der Waals surface area contributed by atoms with E-state index in [0.717, 1.165) is 55.7 Å². The maximum Gasteiger partial charge on any atom is 0.226 e. The second kappa shape index (κ2) is 7.16. The zero-order valence-electron chi connectivity index (χ0n) is 14.2. The van der Waals surface area contributed by atoms with Gasteiger partial charge in [0.15, 0.2) is 0 Å². The van der Waals surface area contributed by atoms with Crippen molar-refractivity contribution in [3.8, 4) is 0 Å². The summed E-state index contributed by atoms with van der Waals surface area (Å²) in [6.07, 6.45) is 4.60. The normalized spacial score (nSPS) is 18.1. The molecule has 4 rings (SSSR count). The first-order chi connectivity index (χ1) is 12.2. The first-order valence-corrected chi connectivity index (χ1v) is 9.73. The van der Waals surface area contributed by atoms with Gasteiger partial charge in [-0.3, -0.25) is 4.79 Å². The summed E-state index contributed by atoms with van der Waals surface area (Å²) in [7, 11) is 0. The number of fused-ring (bicyclic) bond motifs is 1. The molecule has 1 saturated heterocycles. The quantitative estimate of drug-likeness (QED) is 0.773. The zero-order chi connectivity index (χ0) is 17.2. The van der Waals surface area contributed by atoms with Gasteiger partial charge < -0.3 is 9.80 Å². The van der Waals surface area contributed by atoms with Gasteiger partial charge in [-0.05, 0) is 58.5 Å². The summed E-state index contributed by atoms with van der Waals surface area (Å²) in [6.45, 7) is 3.38. The maximum absolute atomic E-state index is 13.0. The molecular formula is C20H22BrN3O. The number of hydrogen-bond donors (Lipinski definition) is 0. The largest absolute Gasteiger partial charge is 0.356 e. The molecule has 0 unspecified atom stereocenters. The molecule has 2 aromatic rings. The average molecular weight is 400 g/mol. The van der Waals surface area contributed by atoms with Gasteiger partial charge in [-0.1, -0.05) is 24.3 Å². The van der Waals surface area contributed by atoms with Crippen LogP contribution in [0.15, 0.2) is 47.1 Å². The molecular weight excluding hydrogens is 378 g/mol. The first-order valence-electron chi connectivity index (χ1n) is 8.93. The molecule has 0 radical (unpaired) electrons. The lowest BCUT2D eigenvalue weighted by molar-refractivity contribution is -0.137. The maximum atomic E-state index is 13.0. The van der Waals surface area contributed by atoms with Gasteiger partial charge >= 0.3 is 0 Å². The molecule has 0 atom stereocenters. The highest BCUT2D eigenvalue weighted by Gasteiger charge is 2.30. The van der Waals surface area contributed by atoms with E-state index >= 15 is 0 Å². The van der Waals surface area contributed by atoms with Gasteiger partial charge in [0.1, 0.15) is 5.82 Å². The van der Waals surface area contributed by atoms with Crippen molar-refractivity contribution in [2.45, 2.75) is 25.8 Å². The summed E-state index contributed by atoms with van der Waals surface area (Å²) in [4.78, 5) is 21.8. The Morgan fingerprint density at radius 3 is 2.56 bits per heavy atom. The number of halogens is 1. The van der Waals surface area contributed by atoms with Crippen LogP contribution in [0.3, 0.4) is 0 Å². The Hall–Kier alpha value is -1.88. The van der Waals surface area contributed by atoms with Crippen molar-refractivity contribution < 1.29 is 4.79 Å². The predicted molar refractivity (Wildman–Crippen MR) is 102 cm³/mol. The number of rotatable bonds is 2. The van der Waals surface area contributed by atoms with Crippen LogP contribution >= 0.6 is 15.9 Å². The molecule has 1 amide bonds. The molecule has 0 aliphatic carbocycles. The van der Waals surface area contributed by atoms with E-state index in [1.54, 1.807) is 0 Å². The van der Waals surface area contributed by atoms with Crippen LogP contribution in [-0.2, 0) is 17.8 Å². The Kier molecular flexibility index (Phi) is 4.75. The Labute approximate surface area is 157 Å². The molecule has 0 N–H and O–H groups in total. The van der Waals surface area contributed by atoms with Crippen LogP contribution in [0.1, 0.15) is 24.0 Å². The smallest absolute Gasteiger partial charge is 0.226 e. The lowest BCUT2D eigenvalue weighted by atomic mass is 9.93. The van der Waals surface area contributed by atoms with Crippen molar-refractivity contribution in [1.29, 1.82) is 0 Å². The van der Waals surface area contributed by atoms with E-state index in [0.29, 0.717) is 5.91 Å². The third-order valence-electron chi connectivity index (χ3n) is 5.33. The minimum Gasteiger partial charge on any atom is -0.356 e. The fraction of sp³-hybridized carbons (Fsp3) is 0.400. The van der Waals surface area contributed by atoms with E-state index in [1.807, 2.05) is 18.3 Å². The number of carbonyl (C=O) groups excluding carboxylic acids is 1. The van der Waals surface area contributed by atoms with Gasteiger partial charge in [0.25, 0.3) is 0 Å². The summed E-state index contributed by atoms with van der Waals surface area (Å²) < 4.78 is 1.02. The number of pyridine rings is 1. The van der Waals surface area contributed by atoms with E-state index in [1.165, 1.54) is 11.1 Å². The molecule has 0 saturated carbocycles. The summed E-state index contributed by atoms with van der Waals surface area (Å²) >= 11 is 3.57. The van der Waals surface area contributed by atoms with Crippen LogP contribution in [-0.4, -0.2) is 35.4 Å². The van der Waals surface area contributed by atoms with Crippen molar-refractivity contribution in [2.75, 3.05) is 24.5 Å². The van der Waals surface area contributed by atoms with E-state index in [9.17, 15) is 4.79 Å². The number of benzene rings is 1. The minimum atomic E-state index is 0.143. The number of carbonyl (C=O) groups is 1. The standard InChI is InChI=1S/C20H22BrN3O/c21-18-6-3-10-22-19(18)23-11-8-16(9-12-23)20(25)24-13-7-15-4-1-2-5-17(15)14-24/h1-6,10,16H,7-9,11-14H2. The second-order valence-corrected chi connectivity index (χ2v) is 7.70. The Morgan fingerprint density at radius 1 is 1.04 bits per heavy atom. The highest BCUT2D eigenvalue weighted by molar-refractivity contribution is 9.10. The molecule has 0 spiro atoms. The average Bonchev–Trinajstić information content (AvgIpc) is 2.67. The molecule has 3 heterocycles. The minimum absolute atomic E-state index is 0.143. The fourth-order valence-corrected chi connectivity index (χ4v) is 4.40. The molecule has 4 nitrogen and oxygen atoms in total. The lowest BCUT2D eigenvalue weighted by Crippen LogP contribution is -2.44. The topological polar surface area (TPSA) is 36.4 Å². The summed E-state index contributed by atoms with van der Waals surface area (Å²) in [5, 5.41) is 0. The summed E-state index contributed by atoms with van der Waals surface area (Å²) in [5.74, 6) is 1.46. The number of nitrogens with zero attached hydrogens (tertiary/aromatic N) is 3. The van der Waals surface area contributed by atoms with Crippen LogP contribution in [0.4, 0.5) is 5.82 Å². The van der Waals surface area contributed by atoms with Crippen molar-refractivity contribution in [1.82, 2.24) is 9.88 Å². The van der Waals surface area contributed by atoms with E-state index in [-0.39, 0.29) is 5.92 Å². The van der Waals surface area contributed by atoms with Gasteiger partial charge in [-0.2, -0.15) is 0 Å². The summed E-state index contributed by atoms with van der Waals surface area (Å²) in [6, 6.07) is 12.4. The van der Waals surface area contributed by atoms with Gasteiger partial charge in [0.2, 0.25) is 5.91 Å². The fourth-order valence-electron chi connectivity index (χ4n) is 3.89. The van der Waals surface area contributed by atoms with Crippen LogP contribution in [0.5, 0.6) is 0 Å². The molecule has 2 aliphatic heterocycles. The molecule has 1 aromatic carbocycles. The number of amides is 1. The highest BCUT2D eigenvalue weighted by Crippen LogP contribution is 2.29. The van der Waals surface area contributed by atoms with Gasteiger partial charge in [-0.25, -0.2) is 4.98 Å². The van der Waals surface area contributed by atoms with Gasteiger partial charge in [-0.15, -0.1) is 0 Å². The van der Waals surface area contributed by atoms with Crippen molar-refractivity contribution in [2.24, 2.45) is 5.92 Å². The Bertz CT molecular complexity index is 771. The Morgan fingerprint density at radius 2 is 1.80 bits per heavy atom. The van der Waals surface area contributed by atoms with Crippen LogP contribution in [0.2, 0.25) is 0 Å². The zero-order valence-corrected chi connectivity index (χ0v) is 15.8. The molecule has 1 fully saturated rings. The third-order valence-corrected chi connectivity index (χ3v) is 5.94. The molecule has 1 aromatic heterocycles. The third kappa shape index (κ3) is 3.43. The van der Waals surface area contributed by atoms with Crippen molar-refractivity contribution >= 4 is 27.7 Å². The van der Waals surface area contributed by atoms with Crippen LogP contribution in [0.25, 0.3) is 0 Å². The SMILES string of the molecule is O=C(C1CCN(c2ncccc2Br)CC1)N1CCc2ccccc2C1. The van der Waals surface area contributed by atoms with E-state index in [2.05, 4.69) is 55.0 Å². The second-order valence-electron chi connectivity index (χ2n) is 6.85. The van der Waals surface area contributed by atoms with Gasteiger partial charge in [0.05, 0.1) is 4.47 Å². The molecule has 0 bridgehead atoms. The molecule has 25 heavy (non-hydrogen) atoms. The molecule has 5 heteroatoms. The Balaban J connectivity index is 1.38. The molecule has 2 aliphatic rings. The van der Waals surface area contributed by atoms with E-state index < -0.39 is 0 Å². The molecule has 130 valence electrons. The number of aromatic nitrogens is 1. The van der Waals surface area contributed by atoms with Crippen molar-refractivity contribution in [3.05, 3.63) is 58.2 Å². The highest BCUT2D eigenvalue weighted by atomic mass is 79.9. The number of piperidine rings is 1. The monoisotopic (exact) mass is 399 g/mol. The predicted octanol–water partition coefficient (Wildman–Crippen LogP) is 3.65. The van der Waals surface area contributed by atoms with Crippen LogP contribution < -0.4 is 4.90 Å². The lowest BCUT2D eigenvalue weighted by Gasteiger charge is -2.36. The summed E-state index contributed by atoms with van der Waals surface area (Å²) in [5.41, 5.74) is 2.69. The van der Waals surface area contributed by atoms with Crippen LogP contribution in [0, 0.1) is 5.92 Å². The van der Waals surface area contributed by atoms with Crippen molar-refractivity contribution in [3.63, 3.8) is 0 Å². The number of anilines is 1. The van der Waals surface area contributed by atoms with Gasteiger partial charge in [0, 0.05) is 38.3 Å². The van der Waals surface area contributed by atoms with E-state index in [4.69, 9.17) is 0 Å².